The third-order valence-corrected chi connectivity index (χ3v) is 6.04. The number of nitrogens with zero attached hydrogens (tertiary/aromatic N) is 1. The van der Waals surface area contributed by atoms with Gasteiger partial charge in [0, 0.05) is 12.1 Å². The SMILES string of the molecule is COc1ccc(S(=O)(=O)NCC2CC2)cc1Nc1ncc(-c2ccc(F)cc2)o1. The van der Waals surface area contributed by atoms with Crippen LogP contribution < -0.4 is 14.8 Å². The molecule has 0 amide bonds. The van der Waals surface area contributed by atoms with Crippen LogP contribution in [0.4, 0.5) is 16.1 Å². The average Bonchev–Trinajstić information content (AvgIpc) is 3.44. The molecule has 0 bridgehead atoms. The van der Waals surface area contributed by atoms with Gasteiger partial charge < -0.3 is 14.5 Å². The second kappa shape index (κ2) is 7.84. The van der Waals surface area contributed by atoms with Gasteiger partial charge >= 0.3 is 0 Å². The number of nitrogens with one attached hydrogen (secondary N) is 2. The Labute approximate surface area is 168 Å². The zero-order valence-electron chi connectivity index (χ0n) is 15.7. The number of benzene rings is 2. The molecule has 4 rings (SSSR count). The number of rotatable bonds is 8. The number of oxazole rings is 1. The van der Waals surface area contributed by atoms with Crippen molar-refractivity contribution in [3.05, 3.63) is 54.5 Å². The highest BCUT2D eigenvalue weighted by atomic mass is 32.2. The highest BCUT2D eigenvalue weighted by molar-refractivity contribution is 7.89. The summed E-state index contributed by atoms with van der Waals surface area (Å²) in [6, 6.07) is 10.5. The molecule has 9 heteroatoms. The first-order valence-electron chi connectivity index (χ1n) is 9.11. The summed E-state index contributed by atoms with van der Waals surface area (Å²) in [5.74, 6) is 0.969. The Balaban J connectivity index is 1.56. The molecule has 2 aromatic carbocycles. The Kier molecular flexibility index (Phi) is 5.25. The van der Waals surface area contributed by atoms with E-state index in [1.807, 2.05) is 0 Å². The van der Waals surface area contributed by atoms with E-state index in [4.69, 9.17) is 9.15 Å². The molecule has 0 radical (unpaired) electrons. The molecule has 1 aliphatic rings. The van der Waals surface area contributed by atoms with Crippen molar-refractivity contribution in [3.8, 4) is 17.1 Å². The fourth-order valence-electron chi connectivity index (χ4n) is 2.78. The van der Waals surface area contributed by atoms with E-state index in [1.54, 1.807) is 18.2 Å². The van der Waals surface area contributed by atoms with Crippen LogP contribution in [0.25, 0.3) is 11.3 Å². The van der Waals surface area contributed by atoms with E-state index >= 15 is 0 Å². The van der Waals surface area contributed by atoms with Crippen LogP contribution in [0, 0.1) is 11.7 Å². The third-order valence-electron chi connectivity index (χ3n) is 4.62. The number of hydrogen-bond acceptors (Lipinski definition) is 6. The van der Waals surface area contributed by atoms with E-state index in [0.717, 1.165) is 12.8 Å². The van der Waals surface area contributed by atoms with Crippen LogP contribution in [0.2, 0.25) is 0 Å². The lowest BCUT2D eigenvalue weighted by Crippen LogP contribution is -2.25. The van der Waals surface area contributed by atoms with Crippen LogP contribution in [-0.2, 0) is 10.0 Å². The van der Waals surface area contributed by atoms with Crippen molar-refractivity contribution in [2.45, 2.75) is 17.7 Å². The molecule has 29 heavy (non-hydrogen) atoms. The van der Waals surface area contributed by atoms with Gasteiger partial charge in [-0.2, -0.15) is 0 Å². The first-order valence-corrected chi connectivity index (χ1v) is 10.6. The molecule has 1 aliphatic carbocycles. The van der Waals surface area contributed by atoms with Crippen molar-refractivity contribution in [2.24, 2.45) is 5.92 Å². The van der Waals surface area contributed by atoms with Gasteiger partial charge in [0.1, 0.15) is 11.6 Å². The second-order valence-corrected chi connectivity index (χ2v) is 8.59. The molecule has 1 saturated carbocycles. The topological polar surface area (TPSA) is 93.5 Å². The van der Waals surface area contributed by atoms with Crippen LogP contribution in [0.3, 0.4) is 0 Å². The highest BCUT2D eigenvalue weighted by Crippen LogP contribution is 2.32. The Morgan fingerprint density at radius 2 is 1.97 bits per heavy atom. The number of anilines is 2. The molecule has 1 fully saturated rings. The fourth-order valence-corrected chi connectivity index (χ4v) is 3.92. The number of halogens is 1. The van der Waals surface area contributed by atoms with Crippen molar-refractivity contribution < 1.29 is 22.0 Å². The minimum atomic E-state index is -3.63. The van der Waals surface area contributed by atoms with Crippen LogP contribution in [0.1, 0.15) is 12.8 Å². The van der Waals surface area contributed by atoms with Crippen molar-refractivity contribution in [2.75, 3.05) is 19.0 Å². The van der Waals surface area contributed by atoms with E-state index in [9.17, 15) is 12.8 Å². The van der Waals surface area contributed by atoms with Gasteiger partial charge in [0.15, 0.2) is 5.76 Å². The van der Waals surface area contributed by atoms with Gasteiger partial charge in [-0.3, -0.25) is 0 Å². The monoisotopic (exact) mass is 417 g/mol. The lowest BCUT2D eigenvalue weighted by molar-refractivity contribution is 0.416. The van der Waals surface area contributed by atoms with Crippen molar-refractivity contribution in [1.29, 1.82) is 0 Å². The first-order chi connectivity index (χ1) is 13.9. The van der Waals surface area contributed by atoms with Crippen LogP contribution in [0.5, 0.6) is 5.75 Å². The molecule has 3 aromatic rings. The van der Waals surface area contributed by atoms with E-state index in [-0.39, 0.29) is 16.7 Å². The summed E-state index contributed by atoms with van der Waals surface area (Å²) in [6.07, 6.45) is 3.61. The summed E-state index contributed by atoms with van der Waals surface area (Å²) in [5, 5.41) is 2.95. The minimum absolute atomic E-state index is 0.117. The van der Waals surface area contributed by atoms with Gasteiger partial charge in [0.25, 0.3) is 6.01 Å². The minimum Gasteiger partial charge on any atom is -0.495 e. The number of aromatic nitrogens is 1. The lowest BCUT2D eigenvalue weighted by Gasteiger charge is -2.12. The Morgan fingerprint density at radius 3 is 2.66 bits per heavy atom. The number of ether oxygens (including phenoxy) is 1. The van der Waals surface area contributed by atoms with Gasteiger partial charge in [0.2, 0.25) is 10.0 Å². The summed E-state index contributed by atoms with van der Waals surface area (Å²) in [5.41, 5.74) is 1.06. The average molecular weight is 417 g/mol. The predicted octanol–water partition coefficient (Wildman–Crippen LogP) is 3.92. The van der Waals surface area contributed by atoms with E-state index < -0.39 is 10.0 Å². The third kappa shape index (κ3) is 4.57. The molecule has 152 valence electrons. The molecule has 0 saturated heterocycles. The molecule has 7 nitrogen and oxygen atoms in total. The normalized spacial score (nSPS) is 14.0. The molecule has 2 N–H and O–H groups in total. The quantitative estimate of drug-likeness (QED) is 0.577. The van der Waals surface area contributed by atoms with Gasteiger partial charge in [-0.25, -0.2) is 22.5 Å². The Morgan fingerprint density at radius 1 is 1.21 bits per heavy atom. The van der Waals surface area contributed by atoms with Crippen LogP contribution >= 0.6 is 0 Å². The number of sulfonamides is 1. The maximum absolute atomic E-state index is 13.1. The zero-order valence-corrected chi connectivity index (χ0v) is 16.5. The van der Waals surface area contributed by atoms with Crippen molar-refractivity contribution in [1.82, 2.24) is 9.71 Å². The molecular weight excluding hydrogens is 397 g/mol. The second-order valence-electron chi connectivity index (χ2n) is 6.82. The summed E-state index contributed by atoms with van der Waals surface area (Å²) in [6.45, 7) is 0.442. The molecule has 0 unspecified atom stereocenters. The molecule has 0 atom stereocenters. The van der Waals surface area contributed by atoms with Crippen LogP contribution in [0.15, 0.2) is 58.0 Å². The molecule has 0 spiro atoms. The lowest BCUT2D eigenvalue weighted by atomic mass is 10.2. The Bertz CT molecular complexity index is 1110. The molecule has 0 aliphatic heterocycles. The summed E-state index contributed by atoms with van der Waals surface area (Å²) in [7, 11) is -2.14. The maximum Gasteiger partial charge on any atom is 0.299 e. The number of methoxy groups -OCH3 is 1. The van der Waals surface area contributed by atoms with Gasteiger partial charge in [0.05, 0.1) is 23.9 Å². The van der Waals surface area contributed by atoms with Crippen molar-refractivity contribution >= 4 is 21.7 Å². The molecular formula is C20H20FN3O4S. The van der Waals surface area contributed by atoms with Crippen LogP contribution in [-0.4, -0.2) is 27.1 Å². The number of hydrogen-bond donors (Lipinski definition) is 2. The van der Waals surface area contributed by atoms with Crippen molar-refractivity contribution in [3.63, 3.8) is 0 Å². The summed E-state index contributed by atoms with van der Waals surface area (Å²) < 4.78 is 51.8. The molecule has 1 aromatic heterocycles. The summed E-state index contributed by atoms with van der Waals surface area (Å²) in [4.78, 5) is 4.27. The van der Waals surface area contributed by atoms with E-state index in [0.29, 0.717) is 35.2 Å². The smallest absolute Gasteiger partial charge is 0.299 e. The van der Waals surface area contributed by atoms with Gasteiger partial charge in [-0.15, -0.1) is 0 Å². The largest absolute Gasteiger partial charge is 0.495 e. The highest BCUT2D eigenvalue weighted by Gasteiger charge is 2.25. The van der Waals surface area contributed by atoms with Gasteiger partial charge in [-0.05, 0) is 61.2 Å². The van der Waals surface area contributed by atoms with E-state index in [2.05, 4.69) is 15.0 Å². The fraction of sp³-hybridized carbons (Fsp3) is 0.250. The molecule has 1 heterocycles. The maximum atomic E-state index is 13.1. The predicted molar refractivity (Wildman–Crippen MR) is 106 cm³/mol. The van der Waals surface area contributed by atoms with Gasteiger partial charge in [-0.1, -0.05) is 0 Å². The first kappa shape index (κ1) is 19.4. The zero-order chi connectivity index (χ0) is 20.4. The standard InChI is InChI=1S/C20H20FN3O4S/c1-27-18-9-8-16(29(25,26)23-11-13-2-3-13)10-17(18)24-20-22-12-19(28-20)14-4-6-15(21)7-5-14/h4-10,12-13,23H,2-3,11H2,1H3,(H,22,24). The summed E-state index contributed by atoms with van der Waals surface area (Å²) >= 11 is 0. The van der Waals surface area contributed by atoms with E-state index in [1.165, 1.54) is 37.6 Å². The Hall–Kier alpha value is -2.91.